The number of benzene rings is 2. The van der Waals surface area contributed by atoms with Gasteiger partial charge in [-0.15, -0.1) is 0 Å². The number of amides is 1. The molecule has 110 valence electrons. The van der Waals surface area contributed by atoms with Crippen molar-refractivity contribution in [3.05, 3.63) is 42.0 Å². The summed E-state index contributed by atoms with van der Waals surface area (Å²) < 4.78 is 0. The lowest BCUT2D eigenvalue weighted by Gasteiger charge is -2.37. The summed E-state index contributed by atoms with van der Waals surface area (Å²) in [5.74, 6) is 0.629. The summed E-state index contributed by atoms with van der Waals surface area (Å²) in [6, 6.07) is 12.1. The summed E-state index contributed by atoms with van der Waals surface area (Å²) in [5.41, 5.74) is 7.33. The highest BCUT2D eigenvalue weighted by Gasteiger charge is 2.28. The molecule has 1 fully saturated rings. The summed E-state index contributed by atoms with van der Waals surface area (Å²) >= 11 is 0. The van der Waals surface area contributed by atoms with E-state index in [2.05, 4.69) is 13.8 Å². The first-order chi connectivity index (χ1) is 10.1. The summed E-state index contributed by atoms with van der Waals surface area (Å²) in [6.45, 7) is 5.16. The molecule has 0 bridgehead atoms. The monoisotopic (exact) mass is 282 g/mol. The molecule has 3 heteroatoms. The molecule has 2 aromatic carbocycles. The Bertz CT molecular complexity index is 680. The molecule has 0 radical (unpaired) electrons. The quantitative estimate of drug-likeness (QED) is 0.811. The summed E-state index contributed by atoms with van der Waals surface area (Å²) in [6.07, 6.45) is 2.26. The topological polar surface area (TPSA) is 46.3 Å². The molecule has 3 nitrogen and oxygen atoms in total. The van der Waals surface area contributed by atoms with Crippen molar-refractivity contribution >= 4 is 22.4 Å². The van der Waals surface area contributed by atoms with Crippen LogP contribution in [0.2, 0.25) is 0 Å². The average molecular weight is 282 g/mol. The highest BCUT2D eigenvalue weighted by Crippen LogP contribution is 2.27. The van der Waals surface area contributed by atoms with Crippen molar-refractivity contribution in [2.24, 2.45) is 5.92 Å². The normalized spacial score (nSPS) is 22.5. The second-order valence-corrected chi connectivity index (χ2v) is 6.28. The van der Waals surface area contributed by atoms with Gasteiger partial charge in [-0.25, -0.2) is 0 Å². The van der Waals surface area contributed by atoms with Crippen molar-refractivity contribution in [1.82, 2.24) is 4.90 Å². The van der Waals surface area contributed by atoms with Crippen molar-refractivity contribution in [1.29, 1.82) is 0 Å². The maximum Gasteiger partial charge on any atom is 0.256 e. The number of nitrogen functional groups attached to an aromatic ring is 1. The third-order valence-electron chi connectivity index (χ3n) is 4.53. The number of fused-ring (bicyclic) bond motifs is 1. The predicted molar refractivity (Wildman–Crippen MR) is 87.3 cm³/mol. The molecule has 1 amide bonds. The molecular formula is C18H22N2O. The Labute approximate surface area is 125 Å². The number of likely N-dealkylation sites (tertiary alicyclic amines) is 1. The van der Waals surface area contributed by atoms with E-state index >= 15 is 0 Å². The van der Waals surface area contributed by atoms with E-state index in [1.54, 1.807) is 0 Å². The maximum absolute atomic E-state index is 12.9. The summed E-state index contributed by atoms with van der Waals surface area (Å²) in [7, 11) is 0. The number of piperidine rings is 1. The number of nitrogens with two attached hydrogens (primary N) is 1. The van der Waals surface area contributed by atoms with Gasteiger partial charge in [0.15, 0.2) is 0 Å². The van der Waals surface area contributed by atoms with Gasteiger partial charge in [-0.2, -0.15) is 0 Å². The first kappa shape index (κ1) is 13.9. The lowest BCUT2D eigenvalue weighted by Crippen LogP contribution is -2.45. The van der Waals surface area contributed by atoms with Crippen LogP contribution in [0.5, 0.6) is 0 Å². The number of rotatable bonds is 1. The molecule has 0 aromatic heterocycles. The molecule has 1 saturated heterocycles. The second-order valence-electron chi connectivity index (χ2n) is 6.28. The van der Waals surface area contributed by atoms with Crippen LogP contribution in [0.3, 0.4) is 0 Å². The Balaban J connectivity index is 1.99. The van der Waals surface area contributed by atoms with E-state index in [4.69, 9.17) is 5.73 Å². The van der Waals surface area contributed by atoms with Crippen LogP contribution in [-0.2, 0) is 0 Å². The number of nitrogens with zero attached hydrogens (tertiary/aromatic N) is 1. The standard InChI is InChI=1S/C18H22N2O/c1-12-7-8-13(2)20(11-12)18(21)16-9-14-5-3-4-6-15(14)10-17(16)19/h3-6,9-10,12-13H,7-8,11,19H2,1-2H3. The fourth-order valence-electron chi connectivity index (χ4n) is 3.17. The van der Waals surface area contributed by atoms with Gasteiger partial charge >= 0.3 is 0 Å². The van der Waals surface area contributed by atoms with E-state index in [0.717, 1.165) is 23.7 Å². The maximum atomic E-state index is 12.9. The van der Waals surface area contributed by atoms with E-state index in [1.807, 2.05) is 41.3 Å². The minimum atomic E-state index is 0.0669. The van der Waals surface area contributed by atoms with E-state index in [0.29, 0.717) is 23.2 Å². The number of hydrogen-bond acceptors (Lipinski definition) is 2. The van der Waals surface area contributed by atoms with Crippen LogP contribution in [-0.4, -0.2) is 23.4 Å². The second kappa shape index (κ2) is 5.40. The molecule has 1 heterocycles. The Hall–Kier alpha value is -2.03. The zero-order chi connectivity index (χ0) is 15.0. The van der Waals surface area contributed by atoms with Gasteiger partial charge in [0.2, 0.25) is 0 Å². The van der Waals surface area contributed by atoms with Gasteiger partial charge in [0.05, 0.1) is 5.56 Å². The molecule has 2 N–H and O–H groups in total. The SMILES string of the molecule is CC1CCC(C)N(C(=O)c2cc3ccccc3cc2N)C1. The van der Waals surface area contributed by atoms with Crippen LogP contribution in [0.15, 0.2) is 36.4 Å². The Morgan fingerprint density at radius 3 is 2.52 bits per heavy atom. The van der Waals surface area contributed by atoms with E-state index < -0.39 is 0 Å². The molecule has 1 aliphatic rings. The summed E-state index contributed by atoms with van der Waals surface area (Å²) in [4.78, 5) is 14.8. The molecule has 2 atom stereocenters. The number of carbonyl (C=O) groups is 1. The zero-order valence-electron chi connectivity index (χ0n) is 12.7. The van der Waals surface area contributed by atoms with Crippen molar-refractivity contribution in [2.45, 2.75) is 32.7 Å². The number of carbonyl (C=O) groups excluding carboxylic acids is 1. The molecule has 3 rings (SSSR count). The van der Waals surface area contributed by atoms with Gasteiger partial charge in [-0.3, -0.25) is 4.79 Å². The molecule has 1 aliphatic heterocycles. The molecule has 21 heavy (non-hydrogen) atoms. The van der Waals surface area contributed by atoms with Gasteiger partial charge < -0.3 is 10.6 Å². The molecule has 0 aliphatic carbocycles. The van der Waals surface area contributed by atoms with E-state index in [1.165, 1.54) is 6.42 Å². The number of hydrogen-bond donors (Lipinski definition) is 1. The van der Waals surface area contributed by atoms with Crippen molar-refractivity contribution in [2.75, 3.05) is 12.3 Å². The first-order valence-electron chi connectivity index (χ1n) is 7.65. The average Bonchev–Trinajstić information content (AvgIpc) is 2.48. The molecule has 2 aromatic rings. The van der Waals surface area contributed by atoms with Gasteiger partial charge in [-0.05, 0) is 48.6 Å². The Morgan fingerprint density at radius 1 is 1.14 bits per heavy atom. The van der Waals surface area contributed by atoms with Gasteiger partial charge in [0.25, 0.3) is 5.91 Å². The minimum Gasteiger partial charge on any atom is -0.398 e. The number of anilines is 1. The van der Waals surface area contributed by atoms with E-state index in [9.17, 15) is 4.79 Å². The van der Waals surface area contributed by atoms with E-state index in [-0.39, 0.29) is 5.91 Å². The van der Waals surface area contributed by atoms with Crippen LogP contribution in [0, 0.1) is 5.92 Å². The van der Waals surface area contributed by atoms with Crippen molar-refractivity contribution < 1.29 is 4.79 Å². The third kappa shape index (κ3) is 2.60. The van der Waals surface area contributed by atoms with Crippen molar-refractivity contribution in [3.63, 3.8) is 0 Å². The Morgan fingerprint density at radius 2 is 1.81 bits per heavy atom. The zero-order valence-corrected chi connectivity index (χ0v) is 12.7. The third-order valence-corrected chi connectivity index (χ3v) is 4.53. The fraction of sp³-hybridized carbons (Fsp3) is 0.389. The molecule has 0 saturated carbocycles. The molecule has 2 unspecified atom stereocenters. The fourth-order valence-corrected chi connectivity index (χ4v) is 3.17. The lowest BCUT2D eigenvalue weighted by molar-refractivity contribution is 0.0575. The van der Waals surface area contributed by atoms with Gasteiger partial charge in [0, 0.05) is 18.3 Å². The minimum absolute atomic E-state index is 0.0669. The summed E-state index contributed by atoms with van der Waals surface area (Å²) in [5, 5.41) is 2.14. The van der Waals surface area contributed by atoms with Crippen LogP contribution < -0.4 is 5.73 Å². The van der Waals surface area contributed by atoms with Crippen LogP contribution in [0.1, 0.15) is 37.0 Å². The predicted octanol–water partition coefficient (Wildman–Crippen LogP) is 3.68. The van der Waals surface area contributed by atoms with Crippen LogP contribution >= 0.6 is 0 Å². The highest BCUT2D eigenvalue weighted by atomic mass is 16.2. The van der Waals surface area contributed by atoms with Gasteiger partial charge in [0.1, 0.15) is 0 Å². The van der Waals surface area contributed by atoms with Crippen molar-refractivity contribution in [3.8, 4) is 0 Å². The first-order valence-corrected chi connectivity index (χ1v) is 7.65. The smallest absolute Gasteiger partial charge is 0.256 e. The van der Waals surface area contributed by atoms with Gasteiger partial charge in [-0.1, -0.05) is 31.2 Å². The van der Waals surface area contributed by atoms with Crippen LogP contribution in [0.25, 0.3) is 10.8 Å². The largest absolute Gasteiger partial charge is 0.398 e. The molecular weight excluding hydrogens is 260 g/mol. The van der Waals surface area contributed by atoms with Crippen LogP contribution in [0.4, 0.5) is 5.69 Å². The Kier molecular flexibility index (Phi) is 3.58. The lowest BCUT2D eigenvalue weighted by atomic mass is 9.94. The highest BCUT2D eigenvalue weighted by molar-refractivity contribution is 6.04. The molecule has 0 spiro atoms.